The number of aromatic nitrogens is 2. The first kappa shape index (κ1) is 17.9. The minimum Gasteiger partial charge on any atom is -0.491 e. The van der Waals surface area contributed by atoms with Crippen LogP contribution in [-0.2, 0) is 23.1 Å². The highest BCUT2D eigenvalue weighted by molar-refractivity contribution is 5.28. The minimum absolute atomic E-state index is 0.00474. The zero-order valence-corrected chi connectivity index (χ0v) is 15.0. The van der Waals surface area contributed by atoms with E-state index >= 15 is 0 Å². The SMILES string of the molecule is COCCOc1cccc(CN[C@H]2CCCO[C@@H]2c2nccn2C)c1. The molecule has 0 amide bonds. The number of aryl methyl sites for hydroxylation is 1. The molecule has 6 heteroatoms. The molecule has 1 aromatic heterocycles. The van der Waals surface area contributed by atoms with Crippen molar-refractivity contribution in [3.8, 4) is 5.75 Å². The number of hydrogen-bond acceptors (Lipinski definition) is 5. The Morgan fingerprint density at radius 1 is 1.36 bits per heavy atom. The largest absolute Gasteiger partial charge is 0.491 e. The molecule has 0 unspecified atom stereocenters. The van der Waals surface area contributed by atoms with Crippen LogP contribution in [0.25, 0.3) is 0 Å². The number of imidazole rings is 1. The molecule has 2 atom stereocenters. The number of nitrogens with one attached hydrogen (secondary N) is 1. The predicted octanol–water partition coefficient (Wildman–Crippen LogP) is 2.46. The molecule has 0 bridgehead atoms. The minimum atomic E-state index is -0.00474. The van der Waals surface area contributed by atoms with E-state index in [9.17, 15) is 0 Å². The van der Waals surface area contributed by atoms with Gasteiger partial charge in [0.05, 0.1) is 6.61 Å². The van der Waals surface area contributed by atoms with Crippen molar-refractivity contribution in [3.63, 3.8) is 0 Å². The second-order valence-electron chi connectivity index (χ2n) is 6.31. The van der Waals surface area contributed by atoms with Crippen LogP contribution in [0, 0.1) is 0 Å². The quantitative estimate of drug-likeness (QED) is 0.745. The highest BCUT2D eigenvalue weighted by Gasteiger charge is 2.29. The van der Waals surface area contributed by atoms with Crippen molar-refractivity contribution in [2.75, 3.05) is 26.9 Å². The average Bonchev–Trinajstić information content (AvgIpc) is 3.07. The Morgan fingerprint density at radius 3 is 3.08 bits per heavy atom. The summed E-state index contributed by atoms with van der Waals surface area (Å²) in [6.07, 6.45) is 5.94. The van der Waals surface area contributed by atoms with Gasteiger partial charge in [0.2, 0.25) is 0 Å². The first-order valence-corrected chi connectivity index (χ1v) is 8.81. The van der Waals surface area contributed by atoms with Crippen LogP contribution in [0.15, 0.2) is 36.7 Å². The van der Waals surface area contributed by atoms with Crippen LogP contribution in [0.4, 0.5) is 0 Å². The van der Waals surface area contributed by atoms with Crippen LogP contribution in [-0.4, -0.2) is 42.5 Å². The molecule has 1 saturated heterocycles. The first-order valence-electron chi connectivity index (χ1n) is 8.81. The van der Waals surface area contributed by atoms with E-state index in [2.05, 4.69) is 22.4 Å². The fourth-order valence-electron chi connectivity index (χ4n) is 3.13. The zero-order valence-electron chi connectivity index (χ0n) is 15.0. The smallest absolute Gasteiger partial charge is 0.139 e. The van der Waals surface area contributed by atoms with Gasteiger partial charge in [0, 0.05) is 45.7 Å². The molecule has 25 heavy (non-hydrogen) atoms. The van der Waals surface area contributed by atoms with Crippen molar-refractivity contribution in [2.24, 2.45) is 7.05 Å². The highest BCUT2D eigenvalue weighted by atomic mass is 16.5. The number of rotatable bonds is 8. The fraction of sp³-hybridized carbons (Fsp3) is 0.526. The Hall–Kier alpha value is -1.89. The zero-order chi connectivity index (χ0) is 17.5. The van der Waals surface area contributed by atoms with Crippen molar-refractivity contribution in [3.05, 3.63) is 48.0 Å². The van der Waals surface area contributed by atoms with E-state index in [-0.39, 0.29) is 12.1 Å². The summed E-state index contributed by atoms with van der Waals surface area (Å²) in [4.78, 5) is 4.47. The van der Waals surface area contributed by atoms with Gasteiger partial charge in [-0.25, -0.2) is 4.98 Å². The number of nitrogens with zero attached hydrogens (tertiary/aromatic N) is 2. The molecular formula is C19H27N3O3. The fourth-order valence-corrected chi connectivity index (χ4v) is 3.13. The molecule has 0 radical (unpaired) electrons. The molecule has 6 nitrogen and oxygen atoms in total. The van der Waals surface area contributed by atoms with Crippen molar-refractivity contribution in [1.82, 2.24) is 14.9 Å². The third kappa shape index (κ3) is 4.81. The highest BCUT2D eigenvalue weighted by Crippen LogP contribution is 2.27. The van der Waals surface area contributed by atoms with Gasteiger partial charge in [-0.15, -0.1) is 0 Å². The number of methoxy groups -OCH3 is 1. The first-order chi connectivity index (χ1) is 12.3. The summed E-state index contributed by atoms with van der Waals surface area (Å²) < 4.78 is 18.7. The maximum atomic E-state index is 6.01. The van der Waals surface area contributed by atoms with Gasteiger partial charge in [0.1, 0.15) is 24.3 Å². The summed E-state index contributed by atoms with van der Waals surface area (Å²) in [6.45, 7) is 2.72. The summed E-state index contributed by atoms with van der Waals surface area (Å²) in [7, 11) is 3.69. The van der Waals surface area contributed by atoms with E-state index in [1.54, 1.807) is 7.11 Å². The third-order valence-electron chi connectivity index (χ3n) is 4.46. The van der Waals surface area contributed by atoms with Crippen LogP contribution in [0.1, 0.15) is 30.3 Å². The Kier molecular flexibility index (Phi) is 6.44. The van der Waals surface area contributed by atoms with Crippen LogP contribution < -0.4 is 10.1 Å². The molecule has 1 fully saturated rings. The molecule has 2 heterocycles. The summed E-state index contributed by atoms with van der Waals surface area (Å²) >= 11 is 0. The predicted molar refractivity (Wildman–Crippen MR) is 95.6 cm³/mol. The molecule has 1 aliphatic rings. The van der Waals surface area contributed by atoms with Crippen LogP contribution in [0.3, 0.4) is 0 Å². The van der Waals surface area contributed by atoms with Gasteiger partial charge in [-0.1, -0.05) is 12.1 Å². The molecule has 136 valence electrons. The third-order valence-corrected chi connectivity index (χ3v) is 4.46. The van der Waals surface area contributed by atoms with Crippen molar-refractivity contribution in [2.45, 2.75) is 31.5 Å². The number of hydrogen-bond donors (Lipinski definition) is 1. The molecule has 2 aromatic rings. The lowest BCUT2D eigenvalue weighted by atomic mass is 10.0. The molecule has 3 rings (SSSR count). The Morgan fingerprint density at radius 2 is 2.28 bits per heavy atom. The second-order valence-corrected chi connectivity index (χ2v) is 6.31. The summed E-state index contributed by atoms with van der Waals surface area (Å²) in [5, 5.41) is 3.64. The van der Waals surface area contributed by atoms with Gasteiger partial charge in [0.25, 0.3) is 0 Å². The molecule has 1 aromatic carbocycles. The monoisotopic (exact) mass is 345 g/mol. The van der Waals surface area contributed by atoms with Crippen molar-refractivity contribution >= 4 is 0 Å². The Labute approximate surface area is 149 Å². The molecule has 0 aliphatic carbocycles. The van der Waals surface area contributed by atoms with Gasteiger partial charge in [-0.05, 0) is 30.5 Å². The summed E-state index contributed by atoms with van der Waals surface area (Å²) in [6, 6.07) is 8.43. The van der Waals surface area contributed by atoms with Gasteiger partial charge in [-0.2, -0.15) is 0 Å². The molecule has 0 saturated carbocycles. The van der Waals surface area contributed by atoms with Gasteiger partial charge in [-0.3, -0.25) is 0 Å². The molecule has 1 N–H and O–H groups in total. The Balaban J connectivity index is 1.59. The maximum absolute atomic E-state index is 6.01. The van der Waals surface area contributed by atoms with Crippen LogP contribution in [0.5, 0.6) is 5.75 Å². The molecule has 0 spiro atoms. The van der Waals surface area contributed by atoms with Crippen molar-refractivity contribution in [1.29, 1.82) is 0 Å². The lowest BCUT2D eigenvalue weighted by molar-refractivity contribution is -0.0178. The normalized spacial score (nSPS) is 20.6. The van der Waals surface area contributed by atoms with E-state index in [0.29, 0.717) is 13.2 Å². The van der Waals surface area contributed by atoms with E-state index in [1.807, 2.05) is 36.1 Å². The van der Waals surface area contributed by atoms with E-state index in [1.165, 1.54) is 5.56 Å². The lowest BCUT2D eigenvalue weighted by Crippen LogP contribution is -2.40. The average molecular weight is 345 g/mol. The standard InChI is InChI=1S/C19H27N3O3/c1-22-9-8-20-19(22)18-17(7-4-10-25-18)21-14-15-5-3-6-16(13-15)24-12-11-23-2/h3,5-6,8-9,13,17-18,21H,4,7,10-12,14H2,1-2H3/t17-,18-/m0/s1. The van der Waals surface area contributed by atoms with Gasteiger partial charge in [0.15, 0.2) is 0 Å². The van der Waals surface area contributed by atoms with E-state index in [4.69, 9.17) is 14.2 Å². The van der Waals surface area contributed by atoms with Crippen LogP contribution >= 0.6 is 0 Å². The Bertz CT molecular complexity index is 659. The van der Waals surface area contributed by atoms with Gasteiger partial charge >= 0.3 is 0 Å². The summed E-state index contributed by atoms with van der Waals surface area (Å²) in [5.41, 5.74) is 1.19. The maximum Gasteiger partial charge on any atom is 0.139 e. The lowest BCUT2D eigenvalue weighted by Gasteiger charge is -2.32. The van der Waals surface area contributed by atoms with E-state index < -0.39 is 0 Å². The number of benzene rings is 1. The topological polar surface area (TPSA) is 57.5 Å². The van der Waals surface area contributed by atoms with Crippen LogP contribution in [0.2, 0.25) is 0 Å². The number of ether oxygens (including phenoxy) is 3. The second kappa shape index (κ2) is 8.99. The van der Waals surface area contributed by atoms with Crippen molar-refractivity contribution < 1.29 is 14.2 Å². The molecule has 1 aliphatic heterocycles. The summed E-state index contributed by atoms with van der Waals surface area (Å²) in [5.74, 6) is 1.85. The van der Waals surface area contributed by atoms with E-state index in [0.717, 1.165) is 37.6 Å². The molecular weight excluding hydrogens is 318 g/mol. The van der Waals surface area contributed by atoms with Gasteiger partial charge < -0.3 is 24.1 Å².